The molecule has 0 aliphatic heterocycles. The molecule has 1 N–H and O–H groups in total. The molecule has 3 aromatic rings. The zero-order chi connectivity index (χ0) is 17.8. The van der Waals surface area contributed by atoms with Gasteiger partial charge in [-0.05, 0) is 34.9 Å². The van der Waals surface area contributed by atoms with Crippen LogP contribution in [0.15, 0.2) is 91.0 Å². The number of rotatable bonds is 7. The summed E-state index contributed by atoms with van der Waals surface area (Å²) in [5.41, 5.74) is 2.72. The van der Waals surface area contributed by atoms with Gasteiger partial charge in [-0.3, -0.25) is 0 Å². The Kier molecular flexibility index (Phi) is 4.87. The molecule has 2 atom stereocenters. The van der Waals surface area contributed by atoms with Crippen LogP contribution in [0.2, 0.25) is 0 Å². The molecule has 3 aromatic carbocycles. The Morgan fingerprint density at radius 1 is 0.692 bits per heavy atom. The second-order valence-electron chi connectivity index (χ2n) is 7.03. The van der Waals surface area contributed by atoms with Crippen LogP contribution in [0.4, 0.5) is 0 Å². The van der Waals surface area contributed by atoms with Gasteiger partial charge >= 0.3 is 0 Å². The van der Waals surface area contributed by atoms with E-state index < -0.39 is 5.60 Å². The molecule has 0 heterocycles. The molecule has 2 heteroatoms. The van der Waals surface area contributed by atoms with Crippen LogP contribution in [0.3, 0.4) is 0 Å². The second kappa shape index (κ2) is 7.45. The predicted molar refractivity (Wildman–Crippen MR) is 104 cm³/mol. The highest BCUT2D eigenvalue weighted by Gasteiger charge is 2.42. The molecule has 0 amide bonds. The van der Waals surface area contributed by atoms with Crippen molar-refractivity contribution in [2.45, 2.75) is 12.0 Å². The van der Waals surface area contributed by atoms with Gasteiger partial charge in [0, 0.05) is 6.61 Å². The Morgan fingerprint density at radius 3 is 1.46 bits per heavy atom. The lowest BCUT2D eigenvalue weighted by Gasteiger charge is -2.36. The average molecular weight is 344 g/mol. The largest absolute Gasteiger partial charge is 0.396 e. The molecular formula is C24H24O2. The quantitative estimate of drug-likeness (QED) is 0.634. The molecule has 26 heavy (non-hydrogen) atoms. The summed E-state index contributed by atoms with van der Waals surface area (Å²) in [7, 11) is 0. The van der Waals surface area contributed by atoms with Crippen molar-refractivity contribution < 1.29 is 9.84 Å². The molecule has 4 rings (SSSR count). The minimum absolute atomic E-state index is 0.253. The Labute approximate surface area is 155 Å². The minimum Gasteiger partial charge on any atom is -0.396 e. The van der Waals surface area contributed by atoms with Crippen molar-refractivity contribution in [1.82, 2.24) is 0 Å². The van der Waals surface area contributed by atoms with Crippen molar-refractivity contribution in [3.05, 3.63) is 108 Å². The summed E-state index contributed by atoms with van der Waals surface area (Å²) in [5.74, 6) is 0.825. The van der Waals surface area contributed by atoms with Crippen molar-refractivity contribution in [3.63, 3.8) is 0 Å². The normalized spacial score (nSPS) is 19.3. The minimum atomic E-state index is -0.646. The number of hydrogen-bond donors (Lipinski definition) is 1. The van der Waals surface area contributed by atoms with Gasteiger partial charge in [0.15, 0.2) is 0 Å². The Balaban J connectivity index is 1.83. The molecule has 0 unspecified atom stereocenters. The number of aliphatic hydroxyl groups excluding tert-OH is 1. The third-order valence-electron chi connectivity index (χ3n) is 5.36. The molecule has 0 aromatic heterocycles. The van der Waals surface area contributed by atoms with E-state index in [0.717, 1.165) is 23.1 Å². The van der Waals surface area contributed by atoms with E-state index >= 15 is 0 Å². The highest BCUT2D eigenvalue weighted by Crippen LogP contribution is 2.44. The summed E-state index contributed by atoms with van der Waals surface area (Å²) >= 11 is 0. The van der Waals surface area contributed by atoms with Crippen molar-refractivity contribution in [1.29, 1.82) is 0 Å². The van der Waals surface area contributed by atoms with Crippen molar-refractivity contribution in [3.8, 4) is 0 Å². The van der Waals surface area contributed by atoms with Crippen LogP contribution >= 0.6 is 0 Å². The lowest BCUT2D eigenvalue weighted by molar-refractivity contribution is 0.00321. The molecular weight excluding hydrogens is 320 g/mol. The van der Waals surface area contributed by atoms with Crippen molar-refractivity contribution in [2.24, 2.45) is 11.8 Å². The summed E-state index contributed by atoms with van der Waals surface area (Å²) < 4.78 is 6.73. The molecule has 0 radical (unpaired) electrons. The number of aliphatic hydroxyl groups is 1. The summed E-state index contributed by atoms with van der Waals surface area (Å²) in [5, 5.41) is 9.40. The standard InChI is InChI=1S/C24H24O2/c25-17-19-16-20(19)18-26-24(21-10-4-1-5-11-21,22-12-6-2-7-13-22)23-14-8-3-9-15-23/h1-15,19-20,25H,16-18H2/t19-,20-/m1/s1. The van der Waals surface area contributed by atoms with E-state index in [0.29, 0.717) is 18.4 Å². The summed E-state index contributed by atoms with van der Waals surface area (Å²) in [6, 6.07) is 31.3. The van der Waals surface area contributed by atoms with Gasteiger partial charge in [0.2, 0.25) is 0 Å². The molecule has 1 aliphatic rings. The molecule has 0 saturated heterocycles. The third-order valence-corrected chi connectivity index (χ3v) is 5.36. The van der Waals surface area contributed by atoms with Gasteiger partial charge in [0.25, 0.3) is 0 Å². The first-order chi connectivity index (χ1) is 12.8. The van der Waals surface area contributed by atoms with Gasteiger partial charge in [0.05, 0.1) is 6.61 Å². The van der Waals surface area contributed by atoms with Gasteiger partial charge in [0.1, 0.15) is 5.60 Å². The van der Waals surface area contributed by atoms with E-state index in [1.165, 1.54) is 0 Å². The summed E-state index contributed by atoms with van der Waals surface area (Å²) in [6.45, 7) is 0.896. The van der Waals surface area contributed by atoms with Crippen molar-refractivity contribution in [2.75, 3.05) is 13.2 Å². The fourth-order valence-corrected chi connectivity index (χ4v) is 3.74. The highest BCUT2D eigenvalue weighted by atomic mass is 16.5. The lowest BCUT2D eigenvalue weighted by Crippen LogP contribution is -2.33. The molecule has 1 saturated carbocycles. The number of benzene rings is 3. The van der Waals surface area contributed by atoms with E-state index in [-0.39, 0.29) is 6.61 Å². The Bertz CT molecular complexity index is 718. The topological polar surface area (TPSA) is 29.5 Å². The molecule has 1 aliphatic carbocycles. The van der Waals surface area contributed by atoms with Crippen molar-refractivity contribution >= 4 is 0 Å². The Morgan fingerprint density at radius 2 is 1.12 bits per heavy atom. The number of hydrogen-bond acceptors (Lipinski definition) is 2. The maximum atomic E-state index is 9.40. The molecule has 2 nitrogen and oxygen atoms in total. The first kappa shape index (κ1) is 17.0. The van der Waals surface area contributed by atoms with Gasteiger partial charge < -0.3 is 9.84 Å². The molecule has 0 bridgehead atoms. The van der Waals surface area contributed by atoms with Crippen LogP contribution in [0.5, 0.6) is 0 Å². The van der Waals surface area contributed by atoms with Gasteiger partial charge in [-0.15, -0.1) is 0 Å². The van der Waals surface area contributed by atoms with E-state index in [1.54, 1.807) is 0 Å². The monoisotopic (exact) mass is 344 g/mol. The van der Waals surface area contributed by atoms with Crippen LogP contribution in [-0.2, 0) is 10.3 Å². The predicted octanol–water partition coefficient (Wildman–Crippen LogP) is 4.62. The maximum absolute atomic E-state index is 9.40. The fraction of sp³-hybridized carbons (Fsp3) is 0.250. The Hall–Kier alpha value is -2.42. The second-order valence-corrected chi connectivity index (χ2v) is 7.03. The van der Waals surface area contributed by atoms with Crippen LogP contribution in [-0.4, -0.2) is 18.3 Å². The van der Waals surface area contributed by atoms with E-state index in [1.807, 2.05) is 18.2 Å². The fourth-order valence-electron chi connectivity index (χ4n) is 3.74. The van der Waals surface area contributed by atoms with Gasteiger partial charge in [-0.25, -0.2) is 0 Å². The molecule has 132 valence electrons. The number of ether oxygens (including phenoxy) is 1. The average Bonchev–Trinajstić information content (AvgIpc) is 3.50. The summed E-state index contributed by atoms with van der Waals surface area (Å²) in [6.07, 6.45) is 1.05. The zero-order valence-electron chi connectivity index (χ0n) is 14.8. The van der Waals surface area contributed by atoms with Crippen LogP contribution in [0.25, 0.3) is 0 Å². The molecule has 0 spiro atoms. The lowest BCUT2D eigenvalue weighted by atomic mass is 9.80. The summed E-state index contributed by atoms with van der Waals surface area (Å²) in [4.78, 5) is 0. The van der Waals surface area contributed by atoms with E-state index in [2.05, 4.69) is 72.8 Å². The SMILES string of the molecule is OC[C@H]1C[C@@H]1COC(c1ccccc1)(c1ccccc1)c1ccccc1. The van der Waals surface area contributed by atoms with E-state index in [4.69, 9.17) is 4.74 Å². The van der Waals surface area contributed by atoms with Crippen LogP contribution < -0.4 is 0 Å². The smallest absolute Gasteiger partial charge is 0.143 e. The first-order valence-corrected chi connectivity index (χ1v) is 9.26. The van der Waals surface area contributed by atoms with Gasteiger partial charge in [-0.2, -0.15) is 0 Å². The first-order valence-electron chi connectivity index (χ1n) is 9.26. The van der Waals surface area contributed by atoms with Crippen LogP contribution in [0.1, 0.15) is 23.1 Å². The maximum Gasteiger partial charge on any atom is 0.143 e. The third kappa shape index (κ3) is 3.18. The van der Waals surface area contributed by atoms with Gasteiger partial charge in [-0.1, -0.05) is 91.0 Å². The highest BCUT2D eigenvalue weighted by molar-refractivity contribution is 5.47. The zero-order valence-corrected chi connectivity index (χ0v) is 14.8. The molecule has 1 fully saturated rings. The van der Waals surface area contributed by atoms with Crippen LogP contribution in [0, 0.1) is 11.8 Å². The van der Waals surface area contributed by atoms with E-state index in [9.17, 15) is 5.11 Å².